The topological polar surface area (TPSA) is 76.1 Å². The molecule has 5 fully saturated rings. The molecule has 0 radical (unpaired) electrons. The minimum Gasteiger partial charge on any atom is -0.441 e. The van der Waals surface area contributed by atoms with Crippen LogP contribution in [0.15, 0.2) is 16.3 Å². The smallest absolute Gasteiger partial charge is 0.410 e. The molecule has 1 amide bonds. The van der Waals surface area contributed by atoms with Gasteiger partial charge in [0.2, 0.25) is 0 Å². The van der Waals surface area contributed by atoms with Gasteiger partial charge in [-0.05, 0) is 68.4 Å². The fourth-order valence-corrected chi connectivity index (χ4v) is 9.58. The maximum Gasteiger partial charge on any atom is 0.410 e. The highest BCUT2D eigenvalue weighted by Gasteiger charge is 2.61. The highest BCUT2D eigenvalue weighted by molar-refractivity contribution is 7.91. The predicted molar refractivity (Wildman–Crippen MR) is 125 cm³/mol. The summed E-state index contributed by atoms with van der Waals surface area (Å²) in [5, 5.41) is 0. The van der Waals surface area contributed by atoms with Crippen molar-refractivity contribution in [1.29, 1.82) is 0 Å². The van der Waals surface area contributed by atoms with Gasteiger partial charge in [0.15, 0.2) is 0 Å². The number of hydrogen-bond acceptors (Lipinski definition) is 6. The molecule has 6 rings (SSSR count). The van der Waals surface area contributed by atoms with Crippen LogP contribution in [0.5, 0.6) is 0 Å². The standard InChI is InChI=1S/C23H31ClN2O5S2/c24-20-5-6-21(32-20)33(28,29)26-18(10-15-1-2-15)13-30-14-19(26)23(7-8-23)31-22(27)25-11-16-3-4-17(9-16)12-25/h5-6,15-19H,1-4,7-14H2/t16?,17?,18-,19-/m1/s1. The van der Waals surface area contributed by atoms with Crippen molar-refractivity contribution < 1.29 is 22.7 Å². The Bertz CT molecular complexity index is 1010. The van der Waals surface area contributed by atoms with E-state index in [-0.39, 0.29) is 23.0 Å². The van der Waals surface area contributed by atoms with Crippen LogP contribution in [0.25, 0.3) is 0 Å². The van der Waals surface area contributed by atoms with E-state index in [0.717, 1.165) is 43.7 Å². The third-order valence-corrected chi connectivity index (χ3v) is 11.8. The normalized spacial score (nSPS) is 33.8. The molecule has 2 bridgehead atoms. The second-order valence-corrected chi connectivity index (χ2v) is 14.4. The molecule has 5 aliphatic rings. The van der Waals surface area contributed by atoms with Crippen molar-refractivity contribution in [3.8, 4) is 0 Å². The zero-order valence-electron chi connectivity index (χ0n) is 18.7. The summed E-state index contributed by atoms with van der Waals surface area (Å²) in [4.78, 5) is 15.1. The third-order valence-electron chi connectivity index (χ3n) is 8.14. The number of likely N-dealkylation sites (tertiary alicyclic amines) is 1. The Labute approximate surface area is 204 Å². The number of ether oxygens (including phenoxy) is 2. The number of thiophene rings is 1. The molecule has 7 nitrogen and oxygen atoms in total. The summed E-state index contributed by atoms with van der Waals surface area (Å²) in [5.41, 5.74) is -0.802. The molecule has 3 saturated carbocycles. The summed E-state index contributed by atoms with van der Waals surface area (Å²) in [5.74, 6) is 1.70. The Balaban J connectivity index is 1.27. The summed E-state index contributed by atoms with van der Waals surface area (Å²) < 4.78 is 42.2. The maximum absolute atomic E-state index is 13.9. The SMILES string of the molecule is O=C(OC1([C@H]2COC[C@@H](CC3CC3)N2S(=O)(=O)c2ccc(Cl)s2)CC1)N1CC2CCC(C2)C1. The van der Waals surface area contributed by atoms with Gasteiger partial charge in [-0.25, -0.2) is 13.2 Å². The van der Waals surface area contributed by atoms with Crippen molar-refractivity contribution in [3.05, 3.63) is 16.5 Å². The zero-order valence-corrected chi connectivity index (χ0v) is 21.0. The van der Waals surface area contributed by atoms with Gasteiger partial charge in [-0.3, -0.25) is 0 Å². The van der Waals surface area contributed by atoms with Crippen molar-refractivity contribution in [2.45, 2.75) is 73.3 Å². The van der Waals surface area contributed by atoms with Gasteiger partial charge in [-0.2, -0.15) is 4.31 Å². The van der Waals surface area contributed by atoms with E-state index in [0.29, 0.717) is 41.5 Å². The number of amides is 1. The van der Waals surface area contributed by atoms with E-state index >= 15 is 0 Å². The molecule has 33 heavy (non-hydrogen) atoms. The van der Waals surface area contributed by atoms with Crippen molar-refractivity contribution in [2.75, 3.05) is 26.3 Å². The molecular formula is C23H31ClN2O5S2. The monoisotopic (exact) mass is 514 g/mol. The Morgan fingerprint density at radius 3 is 2.48 bits per heavy atom. The number of halogens is 1. The van der Waals surface area contributed by atoms with Gasteiger partial charge in [0.25, 0.3) is 10.0 Å². The lowest BCUT2D eigenvalue weighted by Crippen LogP contribution is -2.61. The van der Waals surface area contributed by atoms with Crippen LogP contribution in [0.4, 0.5) is 4.79 Å². The average Bonchev–Trinajstić information content (AvgIpc) is 3.69. The molecule has 0 aromatic carbocycles. The fraction of sp³-hybridized carbons (Fsp3) is 0.783. The van der Waals surface area contributed by atoms with E-state index in [1.807, 2.05) is 4.90 Å². The molecule has 3 heterocycles. The molecule has 2 aliphatic heterocycles. The van der Waals surface area contributed by atoms with Gasteiger partial charge in [0, 0.05) is 19.1 Å². The molecular weight excluding hydrogens is 484 g/mol. The number of rotatable bonds is 6. The van der Waals surface area contributed by atoms with Gasteiger partial charge in [-0.15, -0.1) is 11.3 Å². The van der Waals surface area contributed by atoms with E-state index in [1.54, 1.807) is 16.4 Å². The van der Waals surface area contributed by atoms with Gasteiger partial charge in [0.05, 0.1) is 23.6 Å². The first-order valence-corrected chi connectivity index (χ1v) is 14.8. The number of piperidine rings is 1. The van der Waals surface area contributed by atoms with E-state index in [9.17, 15) is 13.2 Å². The van der Waals surface area contributed by atoms with E-state index in [1.165, 1.54) is 19.3 Å². The first-order chi connectivity index (χ1) is 15.8. The number of nitrogens with zero attached hydrogens (tertiary/aromatic N) is 2. The van der Waals surface area contributed by atoms with Crippen molar-refractivity contribution in [2.24, 2.45) is 17.8 Å². The highest BCUT2D eigenvalue weighted by atomic mass is 35.5. The first kappa shape index (κ1) is 22.6. The minimum atomic E-state index is -3.79. The third kappa shape index (κ3) is 4.33. The Hall–Kier alpha value is -0.870. The molecule has 182 valence electrons. The van der Waals surface area contributed by atoms with Crippen molar-refractivity contribution in [1.82, 2.24) is 9.21 Å². The number of hydrogen-bond donors (Lipinski definition) is 0. The fourth-order valence-electron chi connectivity index (χ4n) is 6.14. The van der Waals surface area contributed by atoms with Crippen LogP contribution in [-0.4, -0.2) is 67.7 Å². The van der Waals surface area contributed by atoms with Crippen molar-refractivity contribution >= 4 is 39.1 Å². The Kier molecular flexibility index (Phi) is 5.72. The van der Waals surface area contributed by atoms with Crippen LogP contribution in [0, 0.1) is 17.8 Å². The lowest BCUT2D eigenvalue weighted by Gasteiger charge is -2.44. The van der Waals surface area contributed by atoms with Crippen LogP contribution in [0.2, 0.25) is 4.34 Å². The summed E-state index contributed by atoms with van der Waals surface area (Å²) in [6.07, 6.45) is 7.70. The number of carbonyl (C=O) groups excluding carboxylic acids is 1. The molecule has 4 atom stereocenters. The molecule has 0 N–H and O–H groups in total. The molecule has 2 saturated heterocycles. The van der Waals surface area contributed by atoms with Crippen LogP contribution < -0.4 is 0 Å². The molecule has 1 aromatic rings. The second kappa shape index (κ2) is 8.36. The lowest BCUT2D eigenvalue weighted by molar-refractivity contribution is -0.0748. The number of sulfonamides is 1. The molecule has 1 aromatic heterocycles. The van der Waals surface area contributed by atoms with Crippen LogP contribution in [0.3, 0.4) is 0 Å². The zero-order chi connectivity index (χ0) is 22.8. The number of fused-ring (bicyclic) bond motifs is 2. The van der Waals surface area contributed by atoms with E-state index in [2.05, 4.69) is 0 Å². The predicted octanol–water partition coefficient (Wildman–Crippen LogP) is 4.36. The van der Waals surface area contributed by atoms with Crippen LogP contribution >= 0.6 is 22.9 Å². The first-order valence-electron chi connectivity index (χ1n) is 12.2. The Morgan fingerprint density at radius 1 is 1.15 bits per heavy atom. The van der Waals surface area contributed by atoms with Gasteiger partial charge >= 0.3 is 6.09 Å². The lowest BCUT2D eigenvalue weighted by atomic mass is 9.99. The number of carbonyl (C=O) groups is 1. The Morgan fingerprint density at radius 2 is 1.88 bits per heavy atom. The quantitative estimate of drug-likeness (QED) is 0.563. The number of morpholine rings is 1. The molecule has 3 aliphatic carbocycles. The van der Waals surface area contributed by atoms with Gasteiger partial charge in [0.1, 0.15) is 9.81 Å². The maximum atomic E-state index is 13.9. The van der Waals surface area contributed by atoms with Gasteiger partial charge < -0.3 is 14.4 Å². The summed E-state index contributed by atoms with van der Waals surface area (Å²) in [6.45, 7) is 2.14. The van der Waals surface area contributed by atoms with Crippen LogP contribution in [-0.2, 0) is 19.5 Å². The molecule has 2 unspecified atom stereocenters. The van der Waals surface area contributed by atoms with E-state index < -0.39 is 21.7 Å². The van der Waals surface area contributed by atoms with E-state index in [4.69, 9.17) is 21.1 Å². The molecule has 0 spiro atoms. The largest absolute Gasteiger partial charge is 0.441 e. The highest BCUT2D eigenvalue weighted by Crippen LogP contribution is 2.50. The van der Waals surface area contributed by atoms with Gasteiger partial charge in [-0.1, -0.05) is 24.4 Å². The second-order valence-electron chi connectivity index (χ2n) is 10.7. The summed E-state index contributed by atoms with van der Waals surface area (Å²) >= 11 is 7.18. The summed E-state index contributed by atoms with van der Waals surface area (Å²) in [7, 11) is -3.79. The average molecular weight is 515 g/mol. The summed E-state index contributed by atoms with van der Waals surface area (Å²) in [6, 6.07) is 2.45. The molecule has 10 heteroatoms. The van der Waals surface area contributed by atoms with Crippen LogP contribution in [0.1, 0.15) is 51.4 Å². The minimum absolute atomic E-state index is 0.245. The van der Waals surface area contributed by atoms with Crippen molar-refractivity contribution in [3.63, 3.8) is 0 Å².